The standard InChI is InChI=1S/C17H25NO2S/c1-19-15-6-5-13(9-16(15)20-14-10-21-11-14)17(12-18)7-3-2-4-8-17/h5-6,9,14H,2-4,7-8,10-12,18H2,1H3. The number of ether oxygens (including phenoxy) is 2. The maximum absolute atomic E-state index is 6.15. The molecular weight excluding hydrogens is 282 g/mol. The van der Waals surface area contributed by atoms with Crippen LogP contribution in [0.15, 0.2) is 18.2 Å². The largest absolute Gasteiger partial charge is 0.493 e. The highest BCUT2D eigenvalue weighted by atomic mass is 32.2. The number of hydrogen-bond acceptors (Lipinski definition) is 4. The molecule has 4 heteroatoms. The van der Waals surface area contributed by atoms with Gasteiger partial charge in [-0.2, -0.15) is 11.8 Å². The van der Waals surface area contributed by atoms with Crippen molar-refractivity contribution in [2.24, 2.45) is 5.73 Å². The van der Waals surface area contributed by atoms with Crippen molar-refractivity contribution in [3.05, 3.63) is 23.8 Å². The summed E-state index contributed by atoms with van der Waals surface area (Å²) in [7, 11) is 1.71. The molecule has 0 radical (unpaired) electrons. The van der Waals surface area contributed by atoms with Gasteiger partial charge in [0.1, 0.15) is 6.10 Å². The molecule has 1 aliphatic carbocycles. The summed E-state index contributed by atoms with van der Waals surface area (Å²) in [4.78, 5) is 0. The van der Waals surface area contributed by atoms with Gasteiger partial charge in [-0.05, 0) is 30.5 Å². The number of benzene rings is 1. The second-order valence-corrected chi connectivity index (χ2v) is 7.26. The van der Waals surface area contributed by atoms with Gasteiger partial charge in [0.05, 0.1) is 7.11 Å². The van der Waals surface area contributed by atoms with Crippen LogP contribution in [0.4, 0.5) is 0 Å². The molecule has 2 fully saturated rings. The molecule has 1 aliphatic heterocycles. The van der Waals surface area contributed by atoms with Crippen molar-refractivity contribution >= 4 is 11.8 Å². The fourth-order valence-corrected chi connectivity index (χ4v) is 3.96. The van der Waals surface area contributed by atoms with Gasteiger partial charge >= 0.3 is 0 Å². The average molecular weight is 307 g/mol. The van der Waals surface area contributed by atoms with Crippen LogP contribution in [0, 0.1) is 0 Å². The molecule has 0 bridgehead atoms. The van der Waals surface area contributed by atoms with Gasteiger partial charge in [0.2, 0.25) is 0 Å². The van der Waals surface area contributed by atoms with Crippen molar-refractivity contribution in [1.29, 1.82) is 0 Å². The van der Waals surface area contributed by atoms with E-state index in [4.69, 9.17) is 15.2 Å². The lowest BCUT2D eigenvalue weighted by molar-refractivity contribution is 0.226. The zero-order valence-electron chi connectivity index (χ0n) is 12.8. The number of rotatable bonds is 5. The van der Waals surface area contributed by atoms with Gasteiger partial charge in [-0.3, -0.25) is 0 Å². The second-order valence-electron chi connectivity index (χ2n) is 6.19. The van der Waals surface area contributed by atoms with Gasteiger partial charge in [-0.1, -0.05) is 25.3 Å². The molecule has 116 valence electrons. The minimum Gasteiger partial charge on any atom is -0.493 e. The lowest BCUT2D eigenvalue weighted by Gasteiger charge is -2.37. The Bertz CT molecular complexity index is 482. The molecule has 0 atom stereocenters. The summed E-state index contributed by atoms with van der Waals surface area (Å²) in [5.41, 5.74) is 7.62. The van der Waals surface area contributed by atoms with E-state index in [1.54, 1.807) is 7.11 Å². The van der Waals surface area contributed by atoms with E-state index in [1.165, 1.54) is 37.7 Å². The molecule has 1 aromatic carbocycles. The first-order chi connectivity index (χ1) is 10.3. The average Bonchev–Trinajstić information content (AvgIpc) is 2.51. The Labute approximate surface area is 131 Å². The molecule has 1 saturated heterocycles. The summed E-state index contributed by atoms with van der Waals surface area (Å²) in [5.74, 6) is 3.88. The van der Waals surface area contributed by atoms with E-state index in [0.29, 0.717) is 6.10 Å². The molecule has 3 rings (SSSR count). The molecule has 1 aromatic rings. The maximum atomic E-state index is 6.15. The predicted octanol–water partition coefficient (Wildman–Crippen LogP) is 3.35. The molecular formula is C17H25NO2S. The van der Waals surface area contributed by atoms with Crippen LogP contribution < -0.4 is 15.2 Å². The Hall–Kier alpha value is -0.870. The first kappa shape index (κ1) is 15.0. The van der Waals surface area contributed by atoms with Crippen molar-refractivity contribution in [1.82, 2.24) is 0 Å². The van der Waals surface area contributed by atoms with E-state index < -0.39 is 0 Å². The first-order valence-electron chi connectivity index (χ1n) is 7.90. The lowest BCUT2D eigenvalue weighted by Crippen LogP contribution is -2.37. The second kappa shape index (κ2) is 6.49. The molecule has 0 spiro atoms. The van der Waals surface area contributed by atoms with Crippen molar-refractivity contribution < 1.29 is 9.47 Å². The number of methoxy groups -OCH3 is 1. The highest BCUT2D eigenvalue weighted by molar-refractivity contribution is 8.00. The predicted molar refractivity (Wildman–Crippen MR) is 88.6 cm³/mol. The highest BCUT2D eigenvalue weighted by Crippen LogP contribution is 2.42. The summed E-state index contributed by atoms with van der Waals surface area (Å²) in [6.45, 7) is 0.720. The lowest BCUT2D eigenvalue weighted by atomic mass is 9.69. The molecule has 0 unspecified atom stereocenters. The maximum Gasteiger partial charge on any atom is 0.161 e. The SMILES string of the molecule is COc1ccc(C2(CN)CCCCC2)cc1OC1CSC1. The van der Waals surface area contributed by atoms with E-state index in [0.717, 1.165) is 29.5 Å². The molecule has 2 N–H and O–H groups in total. The van der Waals surface area contributed by atoms with Crippen molar-refractivity contribution in [3.63, 3.8) is 0 Å². The highest BCUT2D eigenvalue weighted by Gasteiger charge is 2.33. The van der Waals surface area contributed by atoms with Crippen LogP contribution in [0.3, 0.4) is 0 Å². The Morgan fingerprint density at radius 3 is 2.52 bits per heavy atom. The summed E-state index contributed by atoms with van der Waals surface area (Å²) in [6.07, 6.45) is 6.60. The Kier molecular flexibility index (Phi) is 4.65. The van der Waals surface area contributed by atoms with Crippen LogP contribution in [0.5, 0.6) is 11.5 Å². The minimum absolute atomic E-state index is 0.136. The van der Waals surface area contributed by atoms with E-state index >= 15 is 0 Å². The van der Waals surface area contributed by atoms with Crippen LogP contribution in [0.25, 0.3) is 0 Å². The molecule has 1 saturated carbocycles. The topological polar surface area (TPSA) is 44.5 Å². The molecule has 1 heterocycles. The third-order valence-corrected chi connectivity index (χ3v) is 6.09. The van der Waals surface area contributed by atoms with Gasteiger partial charge in [-0.15, -0.1) is 0 Å². The number of nitrogens with two attached hydrogens (primary N) is 1. The van der Waals surface area contributed by atoms with Gasteiger partial charge in [0.25, 0.3) is 0 Å². The van der Waals surface area contributed by atoms with Gasteiger partial charge in [-0.25, -0.2) is 0 Å². The first-order valence-corrected chi connectivity index (χ1v) is 9.06. The van der Waals surface area contributed by atoms with E-state index in [-0.39, 0.29) is 5.41 Å². The van der Waals surface area contributed by atoms with Crippen LogP contribution in [0.1, 0.15) is 37.7 Å². The Morgan fingerprint density at radius 1 is 1.19 bits per heavy atom. The van der Waals surface area contributed by atoms with Crippen LogP contribution in [-0.4, -0.2) is 31.3 Å². The summed E-state index contributed by atoms with van der Waals surface area (Å²) < 4.78 is 11.6. The zero-order chi connectivity index (χ0) is 14.7. The smallest absolute Gasteiger partial charge is 0.161 e. The van der Waals surface area contributed by atoms with Crippen LogP contribution in [-0.2, 0) is 5.41 Å². The monoisotopic (exact) mass is 307 g/mol. The molecule has 21 heavy (non-hydrogen) atoms. The fraction of sp³-hybridized carbons (Fsp3) is 0.647. The summed E-state index contributed by atoms with van der Waals surface area (Å²) in [6, 6.07) is 6.40. The number of thioether (sulfide) groups is 1. The molecule has 0 amide bonds. The van der Waals surface area contributed by atoms with Gasteiger partial charge in [0.15, 0.2) is 11.5 Å². The minimum atomic E-state index is 0.136. The van der Waals surface area contributed by atoms with Crippen molar-refractivity contribution in [3.8, 4) is 11.5 Å². The van der Waals surface area contributed by atoms with Gasteiger partial charge in [0, 0.05) is 23.5 Å². The van der Waals surface area contributed by atoms with Crippen molar-refractivity contribution in [2.75, 3.05) is 25.2 Å². The van der Waals surface area contributed by atoms with Crippen LogP contribution in [0.2, 0.25) is 0 Å². The molecule has 0 aromatic heterocycles. The van der Waals surface area contributed by atoms with E-state index in [1.807, 2.05) is 17.8 Å². The van der Waals surface area contributed by atoms with E-state index in [9.17, 15) is 0 Å². The quantitative estimate of drug-likeness (QED) is 0.906. The molecule has 2 aliphatic rings. The van der Waals surface area contributed by atoms with Crippen LogP contribution >= 0.6 is 11.8 Å². The Balaban J connectivity index is 1.88. The third kappa shape index (κ3) is 3.02. The van der Waals surface area contributed by atoms with Crippen molar-refractivity contribution in [2.45, 2.75) is 43.6 Å². The normalized spacial score (nSPS) is 21.6. The number of hydrogen-bond donors (Lipinski definition) is 1. The molecule has 3 nitrogen and oxygen atoms in total. The third-order valence-electron chi connectivity index (χ3n) is 4.88. The van der Waals surface area contributed by atoms with E-state index in [2.05, 4.69) is 12.1 Å². The summed E-state index contributed by atoms with van der Waals surface area (Å²) >= 11 is 1.93. The summed E-state index contributed by atoms with van der Waals surface area (Å²) in [5, 5.41) is 0. The fourth-order valence-electron chi connectivity index (χ4n) is 3.40. The zero-order valence-corrected chi connectivity index (χ0v) is 13.6. The van der Waals surface area contributed by atoms with Gasteiger partial charge < -0.3 is 15.2 Å². The Morgan fingerprint density at radius 2 is 1.95 bits per heavy atom.